The molecule has 0 unspecified atom stereocenters. The van der Waals surface area contributed by atoms with Gasteiger partial charge in [-0.3, -0.25) is 0 Å². The maximum absolute atomic E-state index is 8.61. The van der Waals surface area contributed by atoms with E-state index in [4.69, 9.17) is 20.1 Å². The Morgan fingerprint density at radius 3 is 2.09 bits per heavy atom. The molecule has 0 radical (unpaired) electrons. The van der Waals surface area contributed by atoms with E-state index in [9.17, 15) is 0 Å². The largest absolute Gasteiger partial charge is 0.510 e. The van der Waals surface area contributed by atoms with Crippen LogP contribution in [-0.2, 0) is 0 Å². The summed E-state index contributed by atoms with van der Waals surface area (Å²) >= 11 is 0.705. The number of nitrogens with zero attached hydrogens (tertiary/aromatic N) is 2. The van der Waals surface area contributed by atoms with Crippen molar-refractivity contribution in [1.82, 2.24) is 9.59 Å². The van der Waals surface area contributed by atoms with Gasteiger partial charge in [0.05, 0.1) is 4.78 Å². The number of hydrogen-bond donors (Lipinski definition) is 4. The van der Waals surface area contributed by atoms with Crippen molar-refractivity contribution in [2.24, 2.45) is 0 Å². The summed E-state index contributed by atoms with van der Waals surface area (Å²) < 4.78 is 3.26. The van der Waals surface area contributed by atoms with Crippen LogP contribution in [-0.4, -0.2) is 43.9 Å². The molecule has 1 aromatic heterocycles. The molecular formula is C2H4B2N2O4S. The van der Waals surface area contributed by atoms with E-state index >= 15 is 0 Å². The average molecular weight is 174 g/mol. The summed E-state index contributed by atoms with van der Waals surface area (Å²) in [5, 5.41) is 37.7. The third-order valence-corrected chi connectivity index (χ3v) is 1.80. The molecule has 1 heterocycles. The predicted octanol–water partition coefficient (Wildman–Crippen LogP) is -4.10. The first-order chi connectivity index (χ1) is 5.13. The molecule has 1 rings (SSSR count). The van der Waals surface area contributed by atoms with E-state index in [2.05, 4.69) is 9.59 Å². The zero-order valence-corrected chi connectivity index (χ0v) is 6.06. The Balaban J connectivity index is 2.96. The van der Waals surface area contributed by atoms with Gasteiger partial charge in [-0.05, 0) is 11.5 Å². The third kappa shape index (κ3) is 1.76. The summed E-state index contributed by atoms with van der Waals surface area (Å²) in [4.78, 5) is 0. The fourth-order valence-electron chi connectivity index (χ4n) is 0.563. The van der Waals surface area contributed by atoms with Crippen LogP contribution in [0.2, 0.25) is 0 Å². The van der Waals surface area contributed by atoms with E-state index in [0.29, 0.717) is 11.5 Å². The molecule has 4 N–H and O–H groups in total. The quantitative estimate of drug-likeness (QED) is 0.339. The molecule has 0 saturated carbocycles. The summed E-state index contributed by atoms with van der Waals surface area (Å²) in [7, 11) is -3.57. The van der Waals surface area contributed by atoms with Crippen LogP contribution in [0.15, 0.2) is 0 Å². The Labute approximate surface area is 66.6 Å². The molecule has 0 aliphatic rings. The number of rotatable bonds is 2. The molecule has 0 atom stereocenters. The van der Waals surface area contributed by atoms with Crippen molar-refractivity contribution in [3.05, 3.63) is 0 Å². The Kier molecular flexibility index (Phi) is 2.58. The Hall–Kier alpha value is -0.470. The molecular weight excluding hydrogens is 170 g/mol. The predicted molar refractivity (Wildman–Crippen MR) is 39.6 cm³/mol. The lowest BCUT2D eigenvalue weighted by atomic mass is 9.75. The first kappa shape index (κ1) is 8.62. The Bertz CT molecular complexity index is 217. The lowest BCUT2D eigenvalue weighted by Gasteiger charge is -1.95. The van der Waals surface area contributed by atoms with E-state index in [-0.39, 0.29) is 10.4 Å². The molecule has 0 aliphatic heterocycles. The van der Waals surface area contributed by atoms with E-state index in [1.807, 2.05) is 0 Å². The van der Waals surface area contributed by atoms with Gasteiger partial charge in [-0.2, -0.15) is 0 Å². The van der Waals surface area contributed by atoms with Gasteiger partial charge in [0, 0.05) is 0 Å². The first-order valence-electron chi connectivity index (χ1n) is 2.67. The van der Waals surface area contributed by atoms with Gasteiger partial charge in [0.1, 0.15) is 5.59 Å². The minimum absolute atomic E-state index is 0.0556. The van der Waals surface area contributed by atoms with Crippen LogP contribution in [0.3, 0.4) is 0 Å². The van der Waals surface area contributed by atoms with Gasteiger partial charge < -0.3 is 20.1 Å². The third-order valence-electron chi connectivity index (χ3n) is 1.02. The van der Waals surface area contributed by atoms with Crippen LogP contribution in [0.4, 0.5) is 0 Å². The minimum atomic E-state index is -1.81. The summed E-state index contributed by atoms with van der Waals surface area (Å²) in [5.41, 5.74) is -0.218. The highest BCUT2D eigenvalue weighted by Crippen LogP contribution is 1.83. The van der Waals surface area contributed by atoms with E-state index in [1.165, 1.54) is 0 Å². The monoisotopic (exact) mass is 174 g/mol. The van der Waals surface area contributed by atoms with Crippen LogP contribution < -0.4 is 10.4 Å². The topological polar surface area (TPSA) is 107 Å². The van der Waals surface area contributed by atoms with Crippen molar-refractivity contribution >= 4 is 36.1 Å². The molecule has 0 bridgehead atoms. The normalized spacial score (nSPS) is 9.82. The average Bonchev–Trinajstić information content (AvgIpc) is 2.32. The van der Waals surface area contributed by atoms with Gasteiger partial charge in [-0.25, -0.2) is 0 Å². The molecule has 6 nitrogen and oxygen atoms in total. The van der Waals surface area contributed by atoms with Gasteiger partial charge in [-0.15, -0.1) is 5.10 Å². The van der Waals surface area contributed by atoms with Crippen molar-refractivity contribution in [2.75, 3.05) is 0 Å². The van der Waals surface area contributed by atoms with Crippen molar-refractivity contribution in [2.45, 2.75) is 0 Å². The summed E-state index contributed by atoms with van der Waals surface area (Å²) in [6, 6.07) is 0. The van der Waals surface area contributed by atoms with Gasteiger partial charge in [0.15, 0.2) is 0 Å². The number of aromatic nitrogens is 2. The second-order valence-electron chi connectivity index (χ2n) is 1.77. The van der Waals surface area contributed by atoms with E-state index in [1.54, 1.807) is 0 Å². The molecule has 9 heteroatoms. The maximum atomic E-state index is 8.61. The Morgan fingerprint density at radius 2 is 1.73 bits per heavy atom. The fourth-order valence-corrected chi connectivity index (χ4v) is 1.11. The summed E-state index contributed by atoms with van der Waals surface area (Å²) in [6.45, 7) is 0. The standard InChI is InChI=1S/C2H4B2N2O4S/c7-3(8)1-2(4(9)10)11-6-5-1/h7-10H. The first-order valence-corrected chi connectivity index (χ1v) is 3.44. The van der Waals surface area contributed by atoms with E-state index < -0.39 is 14.2 Å². The molecule has 0 aromatic carbocycles. The molecule has 0 spiro atoms. The van der Waals surface area contributed by atoms with Crippen LogP contribution in [0.5, 0.6) is 0 Å². The van der Waals surface area contributed by atoms with Gasteiger partial charge in [-0.1, -0.05) is 4.49 Å². The van der Waals surface area contributed by atoms with Gasteiger partial charge >= 0.3 is 14.2 Å². The molecule has 11 heavy (non-hydrogen) atoms. The van der Waals surface area contributed by atoms with Gasteiger partial charge in [0.25, 0.3) is 0 Å². The zero-order chi connectivity index (χ0) is 8.43. The maximum Gasteiger partial charge on any atom is 0.510 e. The smallest absolute Gasteiger partial charge is 0.423 e. The zero-order valence-electron chi connectivity index (χ0n) is 5.25. The highest BCUT2D eigenvalue weighted by molar-refractivity contribution is 7.18. The molecule has 1 aromatic rings. The fraction of sp³-hybridized carbons (Fsp3) is 0. The molecule has 0 amide bonds. The van der Waals surface area contributed by atoms with Crippen molar-refractivity contribution in [1.29, 1.82) is 0 Å². The van der Waals surface area contributed by atoms with Crippen LogP contribution in [0.25, 0.3) is 0 Å². The van der Waals surface area contributed by atoms with E-state index in [0.717, 1.165) is 0 Å². The lowest BCUT2D eigenvalue weighted by Crippen LogP contribution is -2.47. The van der Waals surface area contributed by atoms with Crippen LogP contribution in [0.1, 0.15) is 0 Å². The van der Waals surface area contributed by atoms with Crippen LogP contribution >= 0.6 is 11.5 Å². The Morgan fingerprint density at radius 1 is 1.09 bits per heavy atom. The second-order valence-corrected chi connectivity index (χ2v) is 2.56. The van der Waals surface area contributed by atoms with Crippen molar-refractivity contribution < 1.29 is 20.1 Å². The van der Waals surface area contributed by atoms with Crippen LogP contribution in [0, 0.1) is 0 Å². The summed E-state index contributed by atoms with van der Waals surface area (Å²) in [6.07, 6.45) is 0. The lowest BCUT2D eigenvalue weighted by molar-refractivity contribution is 0.419. The highest BCUT2D eigenvalue weighted by atomic mass is 32.1. The summed E-state index contributed by atoms with van der Waals surface area (Å²) in [5.74, 6) is 0. The highest BCUT2D eigenvalue weighted by Gasteiger charge is 2.27. The van der Waals surface area contributed by atoms with Gasteiger partial charge in [0.2, 0.25) is 0 Å². The van der Waals surface area contributed by atoms with Crippen molar-refractivity contribution in [3.63, 3.8) is 0 Å². The SMILES string of the molecule is OB(O)c1nnsc1B(O)O. The van der Waals surface area contributed by atoms with Crippen molar-refractivity contribution in [3.8, 4) is 0 Å². The molecule has 58 valence electrons. The second kappa shape index (κ2) is 3.28. The molecule has 0 fully saturated rings. The number of hydrogen-bond acceptors (Lipinski definition) is 7. The molecule has 0 saturated heterocycles. The minimum Gasteiger partial charge on any atom is -0.423 e. The molecule has 0 aliphatic carbocycles.